The molecule has 0 spiro atoms. The Kier molecular flexibility index (Phi) is 5.18. The van der Waals surface area contributed by atoms with Gasteiger partial charge in [0.1, 0.15) is 0 Å². The molecular formula is C19H17BrN4O2. The summed E-state index contributed by atoms with van der Waals surface area (Å²) in [5.74, 6) is -0.345. The maximum atomic E-state index is 12.7. The summed E-state index contributed by atoms with van der Waals surface area (Å²) < 4.78 is 2.26. The summed E-state index contributed by atoms with van der Waals surface area (Å²) in [6.45, 7) is 3.49. The zero-order chi connectivity index (χ0) is 18.7. The van der Waals surface area contributed by atoms with Gasteiger partial charge in [-0.05, 0) is 44.2 Å². The standard InChI is InChI=1S/C19H17BrN4O2/c1-12(21-22-18(25)14-7-6-8-15(20)11-14)17-13(2)23-24(19(17)26)16-9-4-3-5-10-16/h3-11,23H,1-2H3,(H,22,25). The number of aromatic amines is 1. The van der Waals surface area contributed by atoms with Crippen LogP contribution in [0.1, 0.15) is 28.5 Å². The first-order chi connectivity index (χ1) is 12.5. The van der Waals surface area contributed by atoms with Gasteiger partial charge in [0.15, 0.2) is 0 Å². The van der Waals surface area contributed by atoms with E-state index in [-0.39, 0.29) is 11.5 Å². The first-order valence-corrected chi connectivity index (χ1v) is 8.74. The molecule has 2 aromatic carbocycles. The number of para-hydroxylation sites is 1. The molecule has 26 heavy (non-hydrogen) atoms. The van der Waals surface area contributed by atoms with E-state index in [1.165, 1.54) is 4.68 Å². The molecule has 0 bridgehead atoms. The number of carbonyl (C=O) groups is 1. The highest BCUT2D eigenvalue weighted by atomic mass is 79.9. The average molecular weight is 413 g/mol. The Balaban J connectivity index is 1.87. The lowest BCUT2D eigenvalue weighted by Crippen LogP contribution is -2.23. The Morgan fingerprint density at radius 2 is 1.88 bits per heavy atom. The summed E-state index contributed by atoms with van der Waals surface area (Å²) in [6, 6.07) is 16.3. The maximum absolute atomic E-state index is 12.7. The Labute approximate surface area is 158 Å². The largest absolute Gasteiger partial charge is 0.295 e. The number of hydrogen-bond acceptors (Lipinski definition) is 3. The summed E-state index contributed by atoms with van der Waals surface area (Å²) in [6.07, 6.45) is 0. The van der Waals surface area contributed by atoms with Gasteiger partial charge in [0.05, 0.1) is 17.0 Å². The molecular weight excluding hydrogens is 396 g/mol. The van der Waals surface area contributed by atoms with E-state index in [4.69, 9.17) is 0 Å². The lowest BCUT2D eigenvalue weighted by molar-refractivity contribution is 0.0954. The van der Waals surface area contributed by atoms with Crippen molar-refractivity contribution in [2.45, 2.75) is 13.8 Å². The predicted octanol–water partition coefficient (Wildman–Crippen LogP) is 3.39. The number of rotatable bonds is 4. The number of carbonyl (C=O) groups excluding carboxylic acids is 1. The lowest BCUT2D eigenvalue weighted by Gasteiger charge is -2.02. The van der Waals surface area contributed by atoms with Crippen molar-refractivity contribution in [1.82, 2.24) is 15.2 Å². The van der Waals surface area contributed by atoms with Crippen LogP contribution in [-0.4, -0.2) is 21.4 Å². The quantitative estimate of drug-likeness (QED) is 0.508. The summed E-state index contributed by atoms with van der Waals surface area (Å²) in [7, 11) is 0. The molecule has 0 radical (unpaired) electrons. The van der Waals surface area contributed by atoms with E-state index < -0.39 is 0 Å². The van der Waals surface area contributed by atoms with Crippen molar-refractivity contribution in [1.29, 1.82) is 0 Å². The number of hydrogen-bond donors (Lipinski definition) is 2. The fourth-order valence-electron chi connectivity index (χ4n) is 2.62. The minimum Gasteiger partial charge on any atom is -0.295 e. The number of H-pyrrole nitrogens is 1. The second-order valence-corrected chi connectivity index (χ2v) is 6.65. The van der Waals surface area contributed by atoms with Gasteiger partial charge in [-0.2, -0.15) is 5.10 Å². The van der Waals surface area contributed by atoms with Crippen LogP contribution in [0, 0.1) is 6.92 Å². The van der Waals surface area contributed by atoms with E-state index in [2.05, 4.69) is 31.6 Å². The number of halogens is 1. The van der Waals surface area contributed by atoms with Gasteiger partial charge in [0.25, 0.3) is 11.5 Å². The normalized spacial score (nSPS) is 11.4. The molecule has 2 N–H and O–H groups in total. The van der Waals surface area contributed by atoms with Gasteiger partial charge in [-0.1, -0.05) is 40.2 Å². The van der Waals surface area contributed by atoms with Crippen LogP contribution in [0.15, 0.2) is 69.0 Å². The number of nitrogens with zero attached hydrogens (tertiary/aromatic N) is 2. The third-order valence-corrected chi connectivity index (χ3v) is 4.35. The van der Waals surface area contributed by atoms with Crippen molar-refractivity contribution in [3.63, 3.8) is 0 Å². The molecule has 1 aromatic heterocycles. The predicted molar refractivity (Wildman–Crippen MR) is 105 cm³/mol. The fraction of sp³-hybridized carbons (Fsp3) is 0.105. The van der Waals surface area contributed by atoms with Gasteiger partial charge in [-0.25, -0.2) is 10.1 Å². The van der Waals surface area contributed by atoms with E-state index in [0.29, 0.717) is 22.5 Å². The highest BCUT2D eigenvalue weighted by Gasteiger charge is 2.15. The van der Waals surface area contributed by atoms with Gasteiger partial charge >= 0.3 is 0 Å². The average Bonchev–Trinajstić information content (AvgIpc) is 2.94. The van der Waals surface area contributed by atoms with E-state index in [9.17, 15) is 9.59 Å². The van der Waals surface area contributed by atoms with Crippen LogP contribution in [0.2, 0.25) is 0 Å². The molecule has 0 fully saturated rings. The third-order valence-electron chi connectivity index (χ3n) is 3.86. The smallest absolute Gasteiger partial charge is 0.280 e. The van der Waals surface area contributed by atoms with Crippen LogP contribution in [0.5, 0.6) is 0 Å². The van der Waals surface area contributed by atoms with Crippen molar-refractivity contribution < 1.29 is 4.79 Å². The molecule has 3 rings (SSSR count). The monoisotopic (exact) mass is 412 g/mol. The molecule has 0 aliphatic rings. The first kappa shape index (κ1) is 17.9. The van der Waals surface area contributed by atoms with Crippen molar-refractivity contribution in [3.8, 4) is 5.69 Å². The van der Waals surface area contributed by atoms with E-state index in [1.54, 1.807) is 32.0 Å². The summed E-state index contributed by atoms with van der Waals surface area (Å²) in [5, 5.41) is 7.14. The molecule has 0 saturated carbocycles. The Morgan fingerprint density at radius 3 is 2.58 bits per heavy atom. The molecule has 3 aromatic rings. The number of benzene rings is 2. The second-order valence-electron chi connectivity index (χ2n) is 5.74. The minimum absolute atomic E-state index is 0.216. The van der Waals surface area contributed by atoms with Crippen LogP contribution >= 0.6 is 15.9 Å². The van der Waals surface area contributed by atoms with Gasteiger partial charge in [0, 0.05) is 15.7 Å². The van der Waals surface area contributed by atoms with Gasteiger partial charge in [0.2, 0.25) is 0 Å². The zero-order valence-corrected chi connectivity index (χ0v) is 15.9. The van der Waals surface area contributed by atoms with Crippen molar-refractivity contribution in [3.05, 3.63) is 86.2 Å². The molecule has 7 heteroatoms. The minimum atomic E-state index is -0.345. The van der Waals surface area contributed by atoms with Crippen molar-refractivity contribution in [2.75, 3.05) is 0 Å². The van der Waals surface area contributed by atoms with Gasteiger partial charge in [-0.15, -0.1) is 0 Å². The molecule has 1 heterocycles. The number of nitrogens with one attached hydrogen (secondary N) is 2. The van der Waals surface area contributed by atoms with Crippen molar-refractivity contribution in [2.24, 2.45) is 5.10 Å². The number of hydrazone groups is 1. The van der Waals surface area contributed by atoms with Crippen molar-refractivity contribution >= 4 is 27.5 Å². The first-order valence-electron chi connectivity index (χ1n) is 7.95. The summed E-state index contributed by atoms with van der Waals surface area (Å²) >= 11 is 3.33. The molecule has 1 amide bonds. The van der Waals surface area contributed by atoms with Crippen LogP contribution in [-0.2, 0) is 0 Å². The lowest BCUT2D eigenvalue weighted by atomic mass is 10.2. The van der Waals surface area contributed by atoms with Gasteiger partial charge < -0.3 is 0 Å². The fourth-order valence-corrected chi connectivity index (χ4v) is 3.02. The Morgan fingerprint density at radius 1 is 1.15 bits per heavy atom. The van der Waals surface area contributed by atoms with Crippen LogP contribution < -0.4 is 11.0 Å². The topological polar surface area (TPSA) is 79.2 Å². The number of aromatic nitrogens is 2. The molecule has 6 nitrogen and oxygen atoms in total. The van der Waals surface area contributed by atoms with E-state index in [1.807, 2.05) is 36.4 Å². The molecule has 0 saturated heterocycles. The van der Waals surface area contributed by atoms with Gasteiger partial charge in [-0.3, -0.25) is 14.7 Å². The number of aryl methyl sites for hydroxylation is 1. The van der Waals surface area contributed by atoms with Crippen LogP contribution in [0.25, 0.3) is 5.69 Å². The van der Waals surface area contributed by atoms with Crippen LogP contribution in [0.4, 0.5) is 0 Å². The molecule has 132 valence electrons. The molecule has 0 aliphatic heterocycles. The highest BCUT2D eigenvalue weighted by molar-refractivity contribution is 9.10. The molecule has 0 unspecified atom stereocenters. The van der Waals surface area contributed by atoms with Crippen LogP contribution in [0.3, 0.4) is 0 Å². The molecule has 0 atom stereocenters. The zero-order valence-electron chi connectivity index (χ0n) is 14.3. The third kappa shape index (κ3) is 3.67. The Hall–Kier alpha value is -2.93. The SMILES string of the molecule is CC(=NNC(=O)c1cccc(Br)c1)c1c(C)[nH]n(-c2ccccc2)c1=O. The summed E-state index contributed by atoms with van der Waals surface area (Å²) in [4.78, 5) is 24.9. The maximum Gasteiger partial charge on any atom is 0.280 e. The number of amides is 1. The Bertz CT molecular complexity index is 1040. The van der Waals surface area contributed by atoms with E-state index in [0.717, 1.165) is 10.2 Å². The molecule has 0 aliphatic carbocycles. The highest BCUT2D eigenvalue weighted by Crippen LogP contribution is 2.12. The summed E-state index contributed by atoms with van der Waals surface area (Å²) in [5.41, 5.74) is 5.03. The van der Waals surface area contributed by atoms with E-state index >= 15 is 0 Å². The second kappa shape index (κ2) is 7.53.